The van der Waals surface area contributed by atoms with E-state index in [0.29, 0.717) is 0 Å². The Morgan fingerprint density at radius 2 is 1.93 bits per heavy atom. The maximum Gasteiger partial charge on any atom is 0.137 e. The second-order valence-electron chi connectivity index (χ2n) is 4.72. The topological polar surface area (TPSA) is 17.3 Å². The third-order valence-electron chi connectivity index (χ3n) is 2.41. The van der Waals surface area contributed by atoms with Crippen LogP contribution in [0, 0.1) is 6.92 Å². The van der Waals surface area contributed by atoms with E-state index >= 15 is 0 Å². The van der Waals surface area contributed by atoms with Crippen LogP contribution < -0.4 is 0 Å². The van der Waals surface area contributed by atoms with Gasteiger partial charge >= 0.3 is 0 Å². The maximum atomic E-state index is 4.54. The number of imidazole rings is 1. The van der Waals surface area contributed by atoms with E-state index < -0.39 is 0 Å². The smallest absolute Gasteiger partial charge is 0.137 e. The third-order valence-corrected chi connectivity index (χ3v) is 2.41. The van der Waals surface area contributed by atoms with Gasteiger partial charge in [0.2, 0.25) is 0 Å². The molecule has 0 aliphatic rings. The van der Waals surface area contributed by atoms with Gasteiger partial charge in [0.1, 0.15) is 5.65 Å². The first-order chi connectivity index (χ1) is 6.50. The molecule has 74 valence electrons. The Hall–Kier alpha value is -1.31. The summed E-state index contributed by atoms with van der Waals surface area (Å²) in [5.74, 6) is 0. The molecule has 0 bridgehead atoms. The fourth-order valence-electron chi connectivity index (χ4n) is 2.02. The average Bonchev–Trinajstić information content (AvgIpc) is 2.38. The molecule has 0 fully saturated rings. The van der Waals surface area contributed by atoms with Crippen molar-refractivity contribution in [2.24, 2.45) is 0 Å². The van der Waals surface area contributed by atoms with E-state index in [9.17, 15) is 0 Å². The van der Waals surface area contributed by atoms with E-state index in [1.807, 2.05) is 18.2 Å². The lowest BCUT2D eigenvalue weighted by molar-refractivity contribution is 0.559. The first kappa shape index (κ1) is 9.25. The Morgan fingerprint density at radius 3 is 2.57 bits per heavy atom. The molecule has 2 nitrogen and oxygen atoms in total. The third kappa shape index (κ3) is 1.31. The maximum absolute atomic E-state index is 4.54. The molecule has 0 aliphatic carbocycles. The van der Waals surface area contributed by atoms with Crippen molar-refractivity contribution >= 4 is 5.65 Å². The van der Waals surface area contributed by atoms with Crippen LogP contribution in [0.2, 0.25) is 0 Å². The fourth-order valence-corrected chi connectivity index (χ4v) is 2.02. The molecule has 2 heterocycles. The summed E-state index contributed by atoms with van der Waals surface area (Å²) in [6.07, 6.45) is 2.08. The largest absolute Gasteiger partial charge is 0.303 e. The second-order valence-corrected chi connectivity index (χ2v) is 4.72. The zero-order valence-electron chi connectivity index (χ0n) is 9.20. The summed E-state index contributed by atoms with van der Waals surface area (Å²) in [5.41, 5.74) is 3.61. The molecule has 0 saturated heterocycles. The fraction of sp³-hybridized carbons (Fsp3) is 0.417. The summed E-state index contributed by atoms with van der Waals surface area (Å²) in [6, 6.07) is 6.11. The van der Waals surface area contributed by atoms with E-state index in [0.717, 1.165) is 11.3 Å². The zero-order valence-corrected chi connectivity index (χ0v) is 9.20. The predicted molar refractivity (Wildman–Crippen MR) is 58.6 cm³/mol. The molecule has 0 radical (unpaired) electrons. The van der Waals surface area contributed by atoms with Crippen LogP contribution in [0.4, 0.5) is 0 Å². The molecular weight excluding hydrogens is 172 g/mol. The molecule has 0 atom stereocenters. The Kier molecular flexibility index (Phi) is 1.88. The number of nitrogens with zero attached hydrogens (tertiary/aromatic N) is 2. The van der Waals surface area contributed by atoms with Gasteiger partial charge in [-0.25, -0.2) is 4.98 Å². The van der Waals surface area contributed by atoms with Gasteiger partial charge in [0.25, 0.3) is 0 Å². The quantitative estimate of drug-likeness (QED) is 0.621. The van der Waals surface area contributed by atoms with E-state index in [2.05, 4.69) is 43.3 Å². The molecular formula is C12H16N2. The number of aryl methyl sites for hydroxylation is 1. The lowest BCUT2D eigenvalue weighted by atomic mass is 9.91. The van der Waals surface area contributed by atoms with Crippen molar-refractivity contribution in [3.05, 3.63) is 35.8 Å². The van der Waals surface area contributed by atoms with Crippen LogP contribution in [0.15, 0.2) is 24.4 Å². The SMILES string of the molecule is Cc1nc2ccccn2c1C(C)(C)C. The van der Waals surface area contributed by atoms with Crippen molar-refractivity contribution in [1.82, 2.24) is 9.38 Å². The average molecular weight is 188 g/mol. The highest BCUT2D eigenvalue weighted by Crippen LogP contribution is 2.26. The first-order valence-electron chi connectivity index (χ1n) is 4.94. The predicted octanol–water partition coefficient (Wildman–Crippen LogP) is 2.94. The highest BCUT2D eigenvalue weighted by molar-refractivity contribution is 5.44. The number of fused-ring (bicyclic) bond motifs is 1. The van der Waals surface area contributed by atoms with Crippen LogP contribution in [-0.2, 0) is 5.41 Å². The summed E-state index contributed by atoms with van der Waals surface area (Å²) < 4.78 is 2.18. The molecule has 0 amide bonds. The molecule has 0 unspecified atom stereocenters. The van der Waals surface area contributed by atoms with Gasteiger partial charge in [0, 0.05) is 11.6 Å². The van der Waals surface area contributed by atoms with Gasteiger partial charge in [0.15, 0.2) is 0 Å². The molecule has 2 heteroatoms. The second kappa shape index (κ2) is 2.84. The molecule has 14 heavy (non-hydrogen) atoms. The monoisotopic (exact) mass is 188 g/mol. The van der Waals surface area contributed by atoms with Gasteiger partial charge in [-0.15, -0.1) is 0 Å². The van der Waals surface area contributed by atoms with Gasteiger partial charge in [-0.2, -0.15) is 0 Å². The lowest BCUT2D eigenvalue weighted by Gasteiger charge is -2.19. The summed E-state index contributed by atoms with van der Waals surface area (Å²) in [6.45, 7) is 8.73. The molecule has 2 rings (SSSR count). The normalized spacial score (nSPS) is 12.3. The van der Waals surface area contributed by atoms with Crippen LogP contribution in [-0.4, -0.2) is 9.38 Å². The Labute approximate surface area is 84.6 Å². The van der Waals surface area contributed by atoms with Crippen molar-refractivity contribution in [1.29, 1.82) is 0 Å². The van der Waals surface area contributed by atoms with Crippen molar-refractivity contribution in [3.63, 3.8) is 0 Å². The number of hydrogen-bond acceptors (Lipinski definition) is 1. The minimum Gasteiger partial charge on any atom is -0.303 e. The van der Waals surface area contributed by atoms with Crippen LogP contribution in [0.1, 0.15) is 32.2 Å². The summed E-state index contributed by atoms with van der Waals surface area (Å²) in [7, 11) is 0. The van der Waals surface area contributed by atoms with Crippen LogP contribution in [0.5, 0.6) is 0 Å². The molecule has 0 saturated carbocycles. The molecule has 0 spiro atoms. The van der Waals surface area contributed by atoms with Gasteiger partial charge in [-0.3, -0.25) is 0 Å². The Bertz CT molecular complexity index is 461. The van der Waals surface area contributed by atoms with Crippen molar-refractivity contribution in [2.45, 2.75) is 33.1 Å². The molecule has 2 aromatic heterocycles. The number of pyridine rings is 1. The van der Waals surface area contributed by atoms with Gasteiger partial charge in [-0.1, -0.05) is 26.8 Å². The van der Waals surface area contributed by atoms with Crippen molar-refractivity contribution < 1.29 is 0 Å². The number of hydrogen-bond donors (Lipinski definition) is 0. The first-order valence-corrected chi connectivity index (χ1v) is 4.94. The summed E-state index contributed by atoms with van der Waals surface area (Å²) in [5, 5.41) is 0. The van der Waals surface area contributed by atoms with Gasteiger partial charge in [-0.05, 0) is 19.1 Å². The van der Waals surface area contributed by atoms with Crippen LogP contribution >= 0.6 is 0 Å². The zero-order chi connectivity index (χ0) is 10.3. The number of rotatable bonds is 0. The molecule has 0 aliphatic heterocycles. The minimum absolute atomic E-state index is 0.144. The van der Waals surface area contributed by atoms with Gasteiger partial charge in [0.05, 0.1) is 11.4 Å². The molecule has 0 N–H and O–H groups in total. The van der Waals surface area contributed by atoms with Crippen LogP contribution in [0.25, 0.3) is 5.65 Å². The lowest BCUT2D eigenvalue weighted by Crippen LogP contribution is -2.15. The Morgan fingerprint density at radius 1 is 1.21 bits per heavy atom. The van der Waals surface area contributed by atoms with E-state index in [-0.39, 0.29) is 5.41 Å². The number of aromatic nitrogens is 2. The Balaban J connectivity index is 2.81. The van der Waals surface area contributed by atoms with Crippen molar-refractivity contribution in [2.75, 3.05) is 0 Å². The van der Waals surface area contributed by atoms with Crippen molar-refractivity contribution in [3.8, 4) is 0 Å². The highest BCUT2D eigenvalue weighted by atomic mass is 15.0. The van der Waals surface area contributed by atoms with Crippen LogP contribution in [0.3, 0.4) is 0 Å². The molecule has 0 aromatic carbocycles. The minimum atomic E-state index is 0.144. The summed E-state index contributed by atoms with van der Waals surface area (Å²) >= 11 is 0. The highest BCUT2D eigenvalue weighted by Gasteiger charge is 2.21. The summed E-state index contributed by atoms with van der Waals surface area (Å²) in [4.78, 5) is 4.54. The van der Waals surface area contributed by atoms with E-state index in [4.69, 9.17) is 0 Å². The van der Waals surface area contributed by atoms with E-state index in [1.54, 1.807) is 0 Å². The van der Waals surface area contributed by atoms with E-state index in [1.165, 1.54) is 5.69 Å². The standard InChI is InChI=1S/C12H16N2/c1-9-11(12(2,3)4)14-8-6-5-7-10(14)13-9/h5-8H,1-4H3. The molecule has 2 aromatic rings. The van der Waals surface area contributed by atoms with Gasteiger partial charge < -0.3 is 4.40 Å².